The van der Waals surface area contributed by atoms with Gasteiger partial charge in [-0.1, -0.05) is 229 Å². The van der Waals surface area contributed by atoms with Crippen LogP contribution in [0.2, 0.25) is 0 Å². The van der Waals surface area contributed by atoms with E-state index >= 15 is 0 Å². The van der Waals surface area contributed by atoms with E-state index in [0.717, 1.165) is 70.6 Å². The Bertz CT molecular complexity index is 1320. The number of rotatable bonds is 50. The maximum Gasteiger partial charge on any atom is 0.472 e. The summed E-state index contributed by atoms with van der Waals surface area (Å²) in [7, 11) is 1.48. The van der Waals surface area contributed by atoms with Crippen LogP contribution in [0, 0.1) is 0 Å². The summed E-state index contributed by atoms with van der Waals surface area (Å²) in [5, 5.41) is 0. The number of phosphoric acid groups is 1. The lowest BCUT2D eigenvalue weighted by atomic mass is 10.0. The molecule has 67 heavy (non-hydrogen) atoms. The monoisotopic (exact) mass is 963 g/mol. The number of unbranched alkanes of at least 4 members (excludes halogenated alkanes) is 26. The molecule has 0 aliphatic heterocycles. The number of likely N-dealkylation sites (N-methyl/N-ethyl adjacent to an activating group) is 1. The van der Waals surface area contributed by atoms with Crippen LogP contribution in [-0.2, 0) is 32.7 Å². The Hall–Kier alpha value is -2.29. The first-order valence-electron chi connectivity index (χ1n) is 27.5. The van der Waals surface area contributed by atoms with Gasteiger partial charge in [-0.3, -0.25) is 18.6 Å². The minimum atomic E-state index is -4.38. The molecule has 0 rings (SSSR count). The van der Waals surface area contributed by atoms with Crippen molar-refractivity contribution < 1.29 is 42.1 Å². The molecule has 10 heteroatoms. The summed E-state index contributed by atoms with van der Waals surface area (Å²) in [6, 6.07) is 0. The normalized spacial score (nSPS) is 13.8. The van der Waals surface area contributed by atoms with Crippen molar-refractivity contribution in [2.24, 2.45) is 0 Å². The summed E-state index contributed by atoms with van der Waals surface area (Å²) in [5.74, 6) is -0.794. The third-order valence-electron chi connectivity index (χ3n) is 11.8. The van der Waals surface area contributed by atoms with E-state index in [2.05, 4.69) is 74.6 Å². The van der Waals surface area contributed by atoms with Crippen LogP contribution >= 0.6 is 7.82 Å². The third-order valence-corrected chi connectivity index (χ3v) is 12.8. The molecule has 0 aliphatic rings. The van der Waals surface area contributed by atoms with Gasteiger partial charge in [0.15, 0.2) is 6.10 Å². The standard InChI is InChI=1S/C57H104NO8P/c1-6-8-10-12-14-16-18-20-22-24-25-26-27-28-29-30-31-32-33-34-36-38-40-42-44-46-48-50-57(60)66-55(54-65-67(61,62)64-52-51-58(3,4)5)53-63-56(59)49-47-45-43-41-39-37-35-23-21-19-17-15-13-11-9-7-2/h8,10,14,16,20,22,25-26,28-29,55H,6-7,9,11-13,15,17-19,21,23-24,27,30-54H2,1-5H3/p+1/b10-8-,16-14-,22-20-,26-25-,29-28-. The second kappa shape index (κ2) is 48.7. The quantitative estimate of drug-likeness (QED) is 0.0211. The van der Waals surface area contributed by atoms with Gasteiger partial charge in [0.2, 0.25) is 0 Å². The summed E-state index contributed by atoms with van der Waals surface area (Å²) in [6.07, 6.45) is 61.3. The molecule has 0 aromatic rings. The Balaban J connectivity index is 4.17. The number of hydrogen-bond donors (Lipinski definition) is 1. The number of hydrogen-bond acceptors (Lipinski definition) is 7. The molecular weight excluding hydrogens is 858 g/mol. The molecule has 0 aromatic carbocycles. The van der Waals surface area contributed by atoms with Crippen molar-refractivity contribution in [3.05, 3.63) is 60.8 Å². The Labute approximate surface area is 413 Å². The third kappa shape index (κ3) is 52.9. The second-order valence-electron chi connectivity index (χ2n) is 19.6. The fourth-order valence-corrected chi connectivity index (χ4v) is 8.31. The van der Waals surface area contributed by atoms with E-state index in [1.165, 1.54) is 135 Å². The van der Waals surface area contributed by atoms with Crippen molar-refractivity contribution in [1.29, 1.82) is 0 Å². The van der Waals surface area contributed by atoms with E-state index in [1.807, 2.05) is 21.1 Å². The summed E-state index contributed by atoms with van der Waals surface area (Å²) in [5.41, 5.74) is 0. The van der Waals surface area contributed by atoms with Gasteiger partial charge >= 0.3 is 19.8 Å². The van der Waals surface area contributed by atoms with E-state index in [1.54, 1.807) is 0 Å². The van der Waals surface area contributed by atoms with Gasteiger partial charge in [0.25, 0.3) is 0 Å². The molecular formula is C57H105NO8P+. The number of allylic oxidation sites excluding steroid dienone is 10. The molecule has 0 radical (unpaired) electrons. The molecule has 0 bridgehead atoms. The highest BCUT2D eigenvalue weighted by atomic mass is 31.2. The van der Waals surface area contributed by atoms with Crippen LogP contribution in [0.4, 0.5) is 0 Å². The molecule has 2 unspecified atom stereocenters. The van der Waals surface area contributed by atoms with Crippen LogP contribution in [0.3, 0.4) is 0 Å². The molecule has 0 amide bonds. The summed E-state index contributed by atoms with van der Waals surface area (Å²) >= 11 is 0. The largest absolute Gasteiger partial charge is 0.472 e. The van der Waals surface area contributed by atoms with E-state index in [0.29, 0.717) is 23.9 Å². The molecule has 0 aliphatic carbocycles. The van der Waals surface area contributed by atoms with Crippen molar-refractivity contribution in [3.8, 4) is 0 Å². The lowest BCUT2D eigenvalue weighted by Gasteiger charge is -2.24. The molecule has 390 valence electrons. The van der Waals surface area contributed by atoms with Gasteiger partial charge in [0.1, 0.15) is 19.8 Å². The number of carbonyl (C=O) groups excluding carboxylic acids is 2. The number of carbonyl (C=O) groups is 2. The minimum Gasteiger partial charge on any atom is -0.462 e. The number of quaternary nitrogens is 1. The molecule has 9 nitrogen and oxygen atoms in total. The van der Waals surface area contributed by atoms with Crippen molar-refractivity contribution in [2.75, 3.05) is 47.5 Å². The van der Waals surface area contributed by atoms with Gasteiger partial charge in [0, 0.05) is 12.8 Å². The number of phosphoric ester groups is 1. The highest BCUT2D eigenvalue weighted by Gasteiger charge is 2.27. The van der Waals surface area contributed by atoms with E-state index in [4.69, 9.17) is 18.5 Å². The number of ether oxygens (including phenoxy) is 2. The van der Waals surface area contributed by atoms with E-state index in [9.17, 15) is 19.0 Å². The first-order chi connectivity index (χ1) is 32.5. The van der Waals surface area contributed by atoms with Gasteiger partial charge in [-0.2, -0.15) is 0 Å². The molecule has 0 heterocycles. The zero-order chi connectivity index (χ0) is 49.2. The average molecular weight is 963 g/mol. The first kappa shape index (κ1) is 64.7. The molecule has 0 saturated heterocycles. The van der Waals surface area contributed by atoms with Crippen LogP contribution in [0.5, 0.6) is 0 Å². The SMILES string of the molecule is CC/C=C\C/C=C\C/C=C\C/C=C\C/C=C\CCCCCCCCCCCCCC(=O)OC(COC(=O)CCCCCCCCCCCCCCCCCC)COP(=O)(O)OCC[N+](C)(C)C. The Morgan fingerprint density at radius 3 is 1.27 bits per heavy atom. The minimum absolute atomic E-state index is 0.0308. The average Bonchev–Trinajstić information content (AvgIpc) is 3.29. The van der Waals surface area contributed by atoms with Crippen molar-refractivity contribution in [1.82, 2.24) is 0 Å². The van der Waals surface area contributed by atoms with Crippen molar-refractivity contribution in [2.45, 2.75) is 245 Å². The number of nitrogens with zero attached hydrogens (tertiary/aromatic N) is 1. The van der Waals surface area contributed by atoms with Gasteiger partial charge in [-0.05, 0) is 57.8 Å². The van der Waals surface area contributed by atoms with Crippen LogP contribution in [-0.4, -0.2) is 74.9 Å². The highest BCUT2D eigenvalue weighted by Crippen LogP contribution is 2.43. The van der Waals surface area contributed by atoms with Crippen LogP contribution in [0.1, 0.15) is 239 Å². The zero-order valence-electron chi connectivity index (χ0n) is 44.1. The van der Waals surface area contributed by atoms with Crippen molar-refractivity contribution >= 4 is 19.8 Å². The molecule has 0 saturated carbocycles. The van der Waals surface area contributed by atoms with Gasteiger partial charge in [-0.15, -0.1) is 0 Å². The molecule has 0 fully saturated rings. The summed E-state index contributed by atoms with van der Waals surface area (Å²) < 4.78 is 34.5. The molecule has 1 N–H and O–H groups in total. The van der Waals surface area contributed by atoms with Crippen LogP contribution in [0.25, 0.3) is 0 Å². The molecule has 0 aromatic heterocycles. The Morgan fingerprint density at radius 1 is 0.478 bits per heavy atom. The second-order valence-corrected chi connectivity index (χ2v) is 21.0. The fraction of sp³-hybridized carbons (Fsp3) is 0.789. The summed E-state index contributed by atoms with van der Waals surface area (Å²) in [6.45, 7) is 4.34. The highest BCUT2D eigenvalue weighted by molar-refractivity contribution is 7.47. The smallest absolute Gasteiger partial charge is 0.462 e. The lowest BCUT2D eigenvalue weighted by molar-refractivity contribution is -0.870. The number of esters is 2. The zero-order valence-corrected chi connectivity index (χ0v) is 45.0. The predicted molar refractivity (Wildman–Crippen MR) is 284 cm³/mol. The predicted octanol–water partition coefficient (Wildman–Crippen LogP) is 16.8. The van der Waals surface area contributed by atoms with Crippen LogP contribution < -0.4 is 0 Å². The van der Waals surface area contributed by atoms with Gasteiger partial charge < -0.3 is 18.9 Å². The lowest BCUT2D eigenvalue weighted by Crippen LogP contribution is -2.37. The molecule has 0 spiro atoms. The fourth-order valence-electron chi connectivity index (χ4n) is 7.57. The van der Waals surface area contributed by atoms with Gasteiger partial charge in [-0.25, -0.2) is 4.57 Å². The van der Waals surface area contributed by atoms with Gasteiger partial charge in [0.05, 0.1) is 27.7 Å². The van der Waals surface area contributed by atoms with E-state index < -0.39 is 26.5 Å². The Kier molecular flexibility index (Phi) is 47.1. The topological polar surface area (TPSA) is 108 Å². The van der Waals surface area contributed by atoms with Crippen molar-refractivity contribution in [3.63, 3.8) is 0 Å². The maximum absolute atomic E-state index is 12.8. The van der Waals surface area contributed by atoms with Crippen LogP contribution in [0.15, 0.2) is 60.8 Å². The molecule has 2 atom stereocenters. The maximum atomic E-state index is 12.8. The first-order valence-corrected chi connectivity index (χ1v) is 29.0. The van der Waals surface area contributed by atoms with E-state index in [-0.39, 0.29) is 25.6 Å². The summed E-state index contributed by atoms with van der Waals surface area (Å²) in [4.78, 5) is 35.6. The Morgan fingerprint density at radius 2 is 0.851 bits per heavy atom.